The molecule has 3 rings (SSSR count). The van der Waals surface area contributed by atoms with Crippen LogP contribution >= 0.6 is 0 Å². The maximum absolute atomic E-state index is 11.7. The van der Waals surface area contributed by atoms with Crippen LogP contribution in [0, 0.1) is 6.92 Å². The van der Waals surface area contributed by atoms with Crippen LogP contribution in [0.5, 0.6) is 0 Å². The zero-order chi connectivity index (χ0) is 12.5. The van der Waals surface area contributed by atoms with E-state index in [-0.39, 0.29) is 5.97 Å². The van der Waals surface area contributed by atoms with E-state index in [4.69, 9.17) is 4.74 Å². The van der Waals surface area contributed by atoms with E-state index >= 15 is 0 Å². The summed E-state index contributed by atoms with van der Waals surface area (Å²) in [5, 5.41) is 0. The molecule has 1 heterocycles. The summed E-state index contributed by atoms with van der Waals surface area (Å²) in [5.74, 6) is -0.202. The first-order valence-electron chi connectivity index (χ1n) is 6.12. The lowest BCUT2D eigenvalue weighted by atomic mass is 9.94. The first kappa shape index (κ1) is 11.0. The third-order valence-corrected chi connectivity index (χ3v) is 3.39. The molecule has 0 spiro atoms. The molecule has 0 fully saturated rings. The number of ether oxygens (including phenoxy) is 1. The summed E-state index contributed by atoms with van der Waals surface area (Å²) in [4.78, 5) is 11.7. The number of cyclic esters (lactones) is 1. The monoisotopic (exact) mass is 238 g/mol. The average Bonchev–Trinajstić information content (AvgIpc) is 2.40. The molecule has 2 nitrogen and oxygen atoms in total. The fourth-order valence-corrected chi connectivity index (χ4v) is 2.38. The molecule has 90 valence electrons. The fraction of sp³-hybridized carbons (Fsp3) is 0.188. The SMILES string of the molecule is Cc1ccccc1-c1ccc2c(c1)C(=O)OCC2. The Kier molecular flexibility index (Phi) is 2.63. The van der Waals surface area contributed by atoms with Gasteiger partial charge in [0.2, 0.25) is 0 Å². The van der Waals surface area contributed by atoms with E-state index in [9.17, 15) is 4.79 Å². The molecule has 0 aliphatic carbocycles. The van der Waals surface area contributed by atoms with Crippen molar-refractivity contribution < 1.29 is 9.53 Å². The van der Waals surface area contributed by atoms with E-state index in [1.165, 1.54) is 11.1 Å². The molecule has 2 aromatic carbocycles. The van der Waals surface area contributed by atoms with Crippen molar-refractivity contribution in [3.63, 3.8) is 0 Å². The number of rotatable bonds is 1. The Balaban J connectivity index is 2.13. The summed E-state index contributed by atoms with van der Waals surface area (Å²) >= 11 is 0. The molecule has 0 aromatic heterocycles. The minimum atomic E-state index is -0.202. The number of carbonyl (C=O) groups excluding carboxylic acids is 1. The van der Waals surface area contributed by atoms with Gasteiger partial charge in [0.25, 0.3) is 0 Å². The lowest BCUT2D eigenvalue weighted by molar-refractivity contribution is 0.0480. The highest BCUT2D eigenvalue weighted by Crippen LogP contribution is 2.27. The zero-order valence-corrected chi connectivity index (χ0v) is 10.3. The molecule has 0 saturated carbocycles. The Bertz CT molecular complexity index is 614. The van der Waals surface area contributed by atoms with Gasteiger partial charge in [0.05, 0.1) is 12.2 Å². The fourth-order valence-electron chi connectivity index (χ4n) is 2.38. The summed E-state index contributed by atoms with van der Waals surface area (Å²) in [7, 11) is 0. The molecular weight excluding hydrogens is 224 g/mol. The van der Waals surface area contributed by atoms with E-state index in [1.54, 1.807) is 0 Å². The second kappa shape index (κ2) is 4.30. The highest BCUT2D eigenvalue weighted by atomic mass is 16.5. The number of aryl methyl sites for hydroxylation is 1. The van der Waals surface area contributed by atoms with Crippen molar-refractivity contribution in [2.75, 3.05) is 6.61 Å². The van der Waals surface area contributed by atoms with Gasteiger partial charge in [0, 0.05) is 6.42 Å². The first-order chi connectivity index (χ1) is 8.75. The third kappa shape index (κ3) is 1.80. The third-order valence-electron chi connectivity index (χ3n) is 3.39. The second-order valence-electron chi connectivity index (χ2n) is 4.57. The van der Waals surface area contributed by atoms with Crippen LogP contribution in [0.25, 0.3) is 11.1 Å². The van der Waals surface area contributed by atoms with Crippen molar-refractivity contribution in [1.29, 1.82) is 0 Å². The number of fused-ring (bicyclic) bond motifs is 1. The normalized spacial score (nSPS) is 13.9. The summed E-state index contributed by atoms with van der Waals surface area (Å²) in [6.45, 7) is 2.57. The summed E-state index contributed by atoms with van der Waals surface area (Å²) < 4.78 is 5.09. The molecule has 0 bridgehead atoms. The summed E-state index contributed by atoms with van der Waals surface area (Å²) in [6.07, 6.45) is 0.815. The van der Waals surface area contributed by atoms with Gasteiger partial charge in [-0.1, -0.05) is 36.4 Å². The van der Waals surface area contributed by atoms with Gasteiger partial charge in [-0.15, -0.1) is 0 Å². The van der Waals surface area contributed by atoms with E-state index in [1.807, 2.05) is 24.3 Å². The zero-order valence-electron chi connectivity index (χ0n) is 10.3. The van der Waals surface area contributed by atoms with Crippen LogP contribution in [0.2, 0.25) is 0 Å². The first-order valence-corrected chi connectivity index (χ1v) is 6.12. The van der Waals surface area contributed by atoms with E-state index in [2.05, 4.69) is 25.1 Å². The quantitative estimate of drug-likeness (QED) is 0.712. The Labute approximate surface area is 106 Å². The molecular formula is C16H14O2. The molecule has 0 radical (unpaired) electrons. The minimum Gasteiger partial charge on any atom is -0.462 e. The summed E-state index contributed by atoms with van der Waals surface area (Å²) in [6, 6.07) is 14.3. The number of hydrogen-bond donors (Lipinski definition) is 0. The lowest BCUT2D eigenvalue weighted by Gasteiger charge is -2.17. The van der Waals surface area contributed by atoms with E-state index < -0.39 is 0 Å². The average molecular weight is 238 g/mol. The van der Waals surface area contributed by atoms with Crippen LogP contribution < -0.4 is 0 Å². The Morgan fingerprint density at radius 1 is 1.06 bits per heavy atom. The van der Waals surface area contributed by atoms with Crippen molar-refractivity contribution in [3.05, 3.63) is 59.2 Å². The van der Waals surface area contributed by atoms with Crippen molar-refractivity contribution in [1.82, 2.24) is 0 Å². The summed E-state index contributed by atoms with van der Waals surface area (Å²) in [5.41, 5.74) is 5.25. The Morgan fingerprint density at radius 2 is 1.89 bits per heavy atom. The van der Waals surface area contributed by atoms with Gasteiger partial charge in [-0.25, -0.2) is 4.79 Å². The largest absolute Gasteiger partial charge is 0.462 e. The predicted molar refractivity (Wildman–Crippen MR) is 70.6 cm³/mol. The van der Waals surface area contributed by atoms with Crippen molar-refractivity contribution in [2.24, 2.45) is 0 Å². The molecule has 0 unspecified atom stereocenters. The molecule has 1 aliphatic heterocycles. The van der Waals surface area contributed by atoms with Gasteiger partial charge in [-0.3, -0.25) is 0 Å². The number of carbonyl (C=O) groups is 1. The highest BCUT2D eigenvalue weighted by Gasteiger charge is 2.19. The predicted octanol–water partition coefficient (Wildman–Crippen LogP) is 3.37. The maximum atomic E-state index is 11.7. The highest BCUT2D eigenvalue weighted by molar-refractivity contribution is 5.93. The number of esters is 1. The second-order valence-corrected chi connectivity index (χ2v) is 4.57. The van der Waals surface area contributed by atoms with Crippen molar-refractivity contribution >= 4 is 5.97 Å². The van der Waals surface area contributed by atoms with Gasteiger partial charge in [-0.2, -0.15) is 0 Å². The molecule has 2 heteroatoms. The van der Waals surface area contributed by atoms with E-state index in [0.717, 1.165) is 17.5 Å². The van der Waals surface area contributed by atoms with Crippen LogP contribution in [0.4, 0.5) is 0 Å². The van der Waals surface area contributed by atoms with Crippen LogP contribution in [-0.2, 0) is 11.2 Å². The Morgan fingerprint density at radius 3 is 2.72 bits per heavy atom. The molecule has 0 atom stereocenters. The van der Waals surface area contributed by atoms with Gasteiger partial charge in [-0.05, 0) is 35.2 Å². The molecule has 18 heavy (non-hydrogen) atoms. The van der Waals surface area contributed by atoms with Crippen LogP contribution in [0.1, 0.15) is 21.5 Å². The van der Waals surface area contributed by atoms with Crippen LogP contribution in [-0.4, -0.2) is 12.6 Å². The van der Waals surface area contributed by atoms with Crippen molar-refractivity contribution in [3.8, 4) is 11.1 Å². The minimum absolute atomic E-state index is 0.202. The van der Waals surface area contributed by atoms with Gasteiger partial charge >= 0.3 is 5.97 Å². The smallest absolute Gasteiger partial charge is 0.338 e. The van der Waals surface area contributed by atoms with Gasteiger partial charge < -0.3 is 4.74 Å². The van der Waals surface area contributed by atoms with Crippen LogP contribution in [0.3, 0.4) is 0 Å². The van der Waals surface area contributed by atoms with Gasteiger partial charge in [0.1, 0.15) is 0 Å². The molecule has 0 N–H and O–H groups in total. The maximum Gasteiger partial charge on any atom is 0.338 e. The topological polar surface area (TPSA) is 26.3 Å². The molecule has 0 saturated heterocycles. The molecule has 0 amide bonds. The molecule has 2 aromatic rings. The number of hydrogen-bond acceptors (Lipinski definition) is 2. The van der Waals surface area contributed by atoms with Crippen molar-refractivity contribution in [2.45, 2.75) is 13.3 Å². The molecule has 1 aliphatic rings. The number of benzene rings is 2. The lowest BCUT2D eigenvalue weighted by Crippen LogP contribution is -2.17. The standard InChI is InChI=1S/C16H14O2/c1-11-4-2-3-5-14(11)13-7-6-12-8-9-18-16(17)15(12)10-13/h2-7,10H,8-9H2,1H3. The van der Waals surface area contributed by atoms with Crippen LogP contribution in [0.15, 0.2) is 42.5 Å². The van der Waals surface area contributed by atoms with E-state index in [0.29, 0.717) is 12.2 Å². The Hall–Kier alpha value is -2.09. The van der Waals surface area contributed by atoms with Gasteiger partial charge in [0.15, 0.2) is 0 Å².